The number of imidazole rings is 1. The lowest BCUT2D eigenvalue weighted by Crippen LogP contribution is -2.59. The monoisotopic (exact) mass is 1670 g/mol. The number of ether oxygens (including phenoxy) is 4. The van der Waals surface area contributed by atoms with Crippen molar-refractivity contribution in [3.8, 4) is 0 Å². The Morgan fingerprint density at radius 2 is 1.09 bits per heavy atom. The first-order chi connectivity index (χ1) is 54.9. The van der Waals surface area contributed by atoms with Crippen molar-refractivity contribution in [2.45, 2.75) is 248 Å². The molecular weight excluding hydrogens is 1530 g/mol. The summed E-state index contributed by atoms with van der Waals surface area (Å²) >= 11 is 0. The van der Waals surface area contributed by atoms with Crippen LogP contribution < -0.4 is 31.9 Å². The highest BCUT2D eigenvalue weighted by atomic mass is 16.6. The van der Waals surface area contributed by atoms with Crippen molar-refractivity contribution >= 4 is 52.4 Å². The summed E-state index contributed by atoms with van der Waals surface area (Å²) in [5.74, 6) is -2.97. The van der Waals surface area contributed by atoms with Gasteiger partial charge in [0.15, 0.2) is 0 Å². The lowest BCUT2D eigenvalue weighted by molar-refractivity contribution is -0.158. The molecule has 2 amide bonds. The molecule has 117 heavy (non-hydrogen) atoms. The summed E-state index contributed by atoms with van der Waals surface area (Å²) < 4.78 is 22.1. The Labute approximate surface area is 685 Å². The number of hydrogen-bond acceptors (Lipinski definition) is 36. The molecule has 668 valence electrons. The second-order valence-electron chi connectivity index (χ2n) is 33.3. The maximum absolute atomic E-state index is 14.8. The highest BCUT2D eigenvalue weighted by molar-refractivity contribution is 5.79. The van der Waals surface area contributed by atoms with Crippen molar-refractivity contribution in [3.63, 3.8) is 0 Å². The van der Waals surface area contributed by atoms with Gasteiger partial charge in [0.25, 0.3) is 0 Å². The van der Waals surface area contributed by atoms with Gasteiger partial charge >= 0.3 is 23.9 Å². The Morgan fingerprint density at radius 3 is 1.60 bits per heavy atom. The molecule has 3 aromatic rings. The van der Waals surface area contributed by atoms with E-state index in [2.05, 4.69) is 41.9 Å². The third-order valence-electron chi connectivity index (χ3n) is 19.7. The number of benzene rings is 2. The first kappa shape index (κ1) is 101. The van der Waals surface area contributed by atoms with Crippen molar-refractivity contribution in [3.05, 3.63) is 59.4 Å². The number of nitrogens with zero attached hydrogens (tertiary/aromatic N) is 7. The predicted octanol–water partition coefficient (Wildman–Crippen LogP) is -4.90. The second kappa shape index (κ2) is 49.5. The van der Waals surface area contributed by atoms with Crippen LogP contribution in [0.1, 0.15) is 143 Å². The van der Waals surface area contributed by atoms with Crippen LogP contribution in [0.25, 0.3) is 11.0 Å². The maximum atomic E-state index is 14.8. The summed E-state index contributed by atoms with van der Waals surface area (Å²) in [6.45, 7) is 14.1. The number of nitrogens with one attached hydrogen (secondary N) is 7. The van der Waals surface area contributed by atoms with E-state index in [0.29, 0.717) is 55.8 Å². The number of amides is 2. The number of H-pyrrole nitrogens is 1. The molecule has 39 nitrogen and oxygen atoms in total. The Morgan fingerprint density at radius 1 is 0.581 bits per heavy atom. The Hall–Kier alpha value is -6.43. The minimum absolute atomic E-state index is 0.109. The number of esters is 4. The molecule has 2 aromatic carbocycles. The number of methoxy groups -OCH3 is 1. The molecule has 1 saturated heterocycles. The van der Waals surface area contributed by atoms with E-state index in [-0.39, 0.29) is 111 Å². The molecule has 0 spiro atoms. The van der Waals surface area contributed by atoms with Gasteiger partial charge in [-0.25, -0.2) is 4.98 Å². The van der Waals surface area contributed by atoms with Crippen LogP contribution in [-0.4, -0.2) is 392 Å². The van der Waals surface area contributed by atoms with Gasteiger partial charge in [-0.3, -0.25) is 74.1 Å². The normalized spacial score (nSPS) is 20.1. The number of aromatic nitrogens is 2. The molecule has 0 saturated carbocycles. The van der Waals surface area contributed by atoms with Crippen molar-refractivity contribution < 1.29 is 124 Å². The molecule has 0 aliphatic carbocycles. The second-order valence-corrected chi connectivity index (χ2v) is 33.3. The summed E-state index contributed by atoms with van der Waals surface area (Å²) in [6, 6.07) is 9.58. The molecule has 0 bridgehead atoms. The lowest BCUT2D eigenvalue weighted by Gasteiger charge is -2.35. The minimum atomic E-state index is -2.03. The Kier molecular flexibility index (Phi) is 42.8. The zero-order chi connectivity index (χ0) is 87.1. The van der Waals surface area contributed by atoms with Crippen LogP contribution in [0.5, 0.6) is 0 Å². The van der Waals surface area contributed by atoms with E-state index < -0.39 is 190 Å². The molecule has 16 atom stereocenters. The van der Waals surface area contributed by atoms with Crippen LogP contribution in [0.2, 0.25) is 0 Å². The molecule has 3 heterocycles. The van der Waals surface area contributed by atoms with Gasteiger partial charge in [0.05, 0.1) is 94.8 Å². The van der Waals surface area contributed by atoms with Crippen molar-refractivity contribution in [1.29, 1.82) is 0 Å². The number of hydrogen-bond donors (Lipinski definition) is 22. The van der Waals surface area contributed by atoms with Gasteiger partial charge in [-0.2, -0.15) is 0 Å². The average Bonchev–Trinajstić information content (AvgIpc) is 1.70. The summed E-state index contributed by atoms with van der Waals surface area (Å²) in [4.78, 5) is 100. The van der Waals surface area contributed by atoms with E-state index in [1.165, 1.54) is 7.11 Å². The van der Waals surface area contributed by atoms with E-state index in [1.54, 1.807) is 91.3 Å². The third-order valence-corrected chi connectivity index (χ3v) is 19.7. The van der Waals surface area contributed by atoms with Crippen molar-refractivity contribution in [1.82, 2.24) is 66.0 Å². The van der Waals surface area contributed by atoms with Crippen LogP contribution >= 0.6 is 0 Å². The number of unbranched alkanes of at least 4 members (excludes halogenated alkanes) is 3. The highest BCUT2D eigenvalue weighted by Crippen LogP contribution is 2.31. The number of carbonyl (C=O) groups excluding carboxylic acids is 6. The predicted molar refractivity (Wildman–Crippen MR) is 428 cm³/mol. The van der Waals surface area contributed by atoms with Gasteiger partial charge in [0.1, 0.15) is 90.4 Å². The van der Waals surface area contributed by atoms with Gasteiger partial charge in [-0.15, -0.1) is 0 Å². The van der Waals surface area contributed by atoms with Crippen LogP contribution in [0.3, 0.4) is 0 Å². The van der Waals surface area contributed by atoms with E-state index in [1.807, 2.05) is 49.9 Å². The number of aromatic amines is 1. The van der Waals surface area contributed by atoms with E-state index in [4.69, 9.17) is 18.9 Å². The van der Waals surface area contributed by atoms with E-state index in [0.717, 1.165) is 16.6 Å². The number of carbonyl (C=O) groups is 6. The maximum Gasteiger partial charge on any atom is 0.320 e. The number of fused-ring (bicyclic) bond motifs is 2. The molecule has 1 fully saturated rings. The van der Waals surface area contributed by atoms with Gasteiger partial charge in [-0.05, 0) is 143 Å². The fraction of sp³-hybridized carbons (Fsp3) is 0.756. The largest absolute Gasteiger partial charge is 0.469 e. The van der Waals surface area contributed by atoms with Gasteiger partial charge < -0.3 is 116 Å². The number of para-hydroxylation sites is 2. The number of rotatable bonds is 46. The van der Waals surface area contributed by atoms with E-state index >= 15 is 0 Å². The fourth-order valence-corrected chi connectivity index (χ4v) is 13.3. The minimum Gasteiger partial charge on any atom is -0.469 e. The molecule has 2 aliphatic heterocycles. The first-order valence-electron chi connectivity index (χ1n) is 40.2. The van der Waals surface area contributed by atoms with Gasteiger partial charge in [0, 0.05) is 96.7 Å². The average molecular weight is 1670 g/mol. The zero-order valence-electron chi connectivity index (χ0n) is 69.7. The Balaban J connectivity index is 1.39. The summed E-state index contributed by atoms with van der Waals surface area (Å²) in [6.07, 6.45) is -21.8. The highest BCUT2D eigenvalue weighted by Gasteiger charge is 2.37. The number of aliphatic hydroxyl groups excluding tert-OH is 15. The van der Waals surface area contributed by atoms with Crippen LogP contribution in [0.15, 0.2) is 42.5 Å². The quantitative estimate of drug-likeness (QED) is 0.0109. The smallest absolute Gasteiger partial charge is 0.320 e. The topological polar surface area (TPSA) is 563 Å². The molecular formula is C78H136N14O25. The Bertz CT molecular complexity index is 3380. The first-order valence-corrected chi connectivity index (χ1v) is 40.2. The van der Waals surface area contributed by atoms with Gasteiger partial charge in [-0.1, -0.05) is 31.0 Å². The molecule has 1 aromatic heterocycles. The summed E-state index contributed by atoms with van der Waals surface area (Å²) in [5.41, 5.74) is 1.17. The standard InChI is InChI=1S/C78H136N14O25/c1-76(2,3)115-65(103)43-89-30-28-88(29-31-90(44-66(104)116-77(4,5)6)33-35-91(34-32-89)45-67(105)117-78(7,8)9)42-63(101)85-54(23-25-62(100)81-39-57(96)69(107)71(109)59(98)47-94)73(111)86-53(22-24-61(99)80-38-56(95)68(106)70(108)58(97)46-93)72(110)79-26-16-12-13-17-27-92-40-49-36-48(20-21-50(49)82-55(75(92)113)37-64(102)114-11)74(112)87(10)41-60-83-51-18-14-15-19-52(51)84-60/h14-15,18-21,36,53-59,61,68-75,79-80,82,86,93-99,106-113H,12-13,16-17,22-35,37-47H2,1-11H3,(H,81,100)(H,83,84)(H,85,101)/t53-,54-,55?,56+,57-,58+,59-,61+,68+,69+,70-,71+,72+,73+,74+,75+/m0/s1. The molecule has 22 N–H and O–H groups in total. The van der Waals surface area contributed by atoms with Gasteiger partial charge in [0.2, 0.25) is 11.8 Å². The lowest BCUT2D eigenvalue weighted by atomic mass is 10.0. The SMILES string of the molecule is COC(=O)CC1Nc2ccc([C@@H](O)N(C)Cc3nc4ccccc4[nH]3)cc2CN(CCCCCCN[C@H](O)[C@H](CC[C@@H](O)NC[C@@H](O)[C@@H](O)[C@@H](O)[C@H](O)CO)N[C@H](O)[C@H](CCC(=O)NC[C@H](O)[C@@H](O)[C@H](O)[C@@H](O)CO)NC(=O)CN2CCN(CC(=O)OC(C)(C)C)CCN(CC(=O)OC(C)(C)C)CCN(CC(=O)OC(C)(C)C)CC2)[C@@H]1O. The summed E-state index contributed by atoms with van der Waals surface area (Å²) in [7, 11) is 3.03. The molecule has 2 aliphatic rings. The number of anilines is 1. The molecule has 1 unspecified atom stereocenters. The van der Waals surface area contributed by atoms with Crippen LogP contribution in [-0.2, 0) is 60.8 Å². The van der Waals surface area contributed by atoms with E-state index in [9.17, 15) is 105 Å². The zero-order valence-corrected chi connectivity index (χ0v) is 69.7. The van der Waals surface area contributed by atoms with Crippen molar-refractivity contribution in [2.75, 3.05) is 137 Å². The molecule has 0 radical (unpaired) electrons. The fourth-order valence-electron chi connectivity index (χ4n) is 13.3. The van der Waals surface area contributed by atoms with Crippen LogP contribution in [0, 0.1) is 0 Å². The number of aliphatic hydroxyl groups is 15. The third kappa shape index (κ3) is 37.2. The van der Waals surface area contributed by atoms with Crippen LogP contribution in [0.4, 0.5) is 5.69 Å². The molecule has 39 heteroatoms. The van der Waals surface area contributed by atoms with Crippen molar-refractivity contribution in [2.24, 2.45) is 0 Å². The molecule has 5 rings (SSSR count). The summed E-state index contributed by atoms with van der Waals surface area (Å²) in [5, 5.41) is 178.